The predicted molar refractivity (Wildman–Crippen MR) is 46.4 cm³/mol. The van der Waals surface area contributed by atoms with Crippen LogP contribution in [0.2, 0.25) is 0 Å². The maximum Gasteiger partial charge on any atom is 0.169 e. The predicted octanol–water partition coefficient (Wildman–Crippen LogP) is 1.63. The van der Waals surface area contributed by atoms with Gasteiger partial charge in [-0.2, -0.15) is 0 Å². The summed E-state index contributed by atoms with van der Waals surface area (Å²) in [4.78, 5) is 0. The quantitative estimate of drug-likeness (QED) is 0.520. The van der Waals surface area contributed by atoms with Crippen LogP contribution in [-0.4, -0.2) is 38.0 Å². The van der Waals surface area contributed by atoms with Crippen molar-refractivity contribution < 1.29 is 9.47 Å². The zero-order valence-corrected chi connectivity index (χ0v) is 7.90. The highest BCUT2D eigenvalue weighted by molar-refractivity contribution is 7.56. The van der Waals surface area contributed by atoms with Crippen molar-refractivity contribution in [3.05, 3.63) is 0 Å². The molecule has 0 unspecified atom stereocenters. The molecule has 64 valence electrons. The van der Waals surface area contributed by atoms with Crippen molar-refractivity contribution in [1.82, 2.24) is 0 Å². The minimum absolute atomic E-state index is 0.130. The van der Waals surface area contributed by atoms with E-state index in [9.17, 15) is 0 Å². The highest BCUT2D eigenvalue weighted by atomic mass is 31.1. The number of hydrogen-bond donors (Lipinski definition) is 0. The molecule has 0 aromatic carbocycles. The van der Waals surface area contributed by atoms with E-state index in [4.69, 9.17) is 9.47 Å². The minimum atomic E-state index is -0.130. The molecule has 1 spiro atoms. The van der Waals surface area contributed by atoms with Crippen molar-refractivity contribution in [1.29, 1.82) is 0 Å². The van der Waals surface area contributed by atoms with Gasteiger partial charge in [-0.1, -0.05) is 0 Å². The van der Waals surface area contributed by atoms with Gasteiger partial charge in [-0.05, 0) is 19.0 Å². The molecular weight excluding hydrogens is 159 g/mol. The first-order chi connectivity index (χ1) is 5.31. The lowest BCUT2D eigenvalue weighted by Crippen LogP contribution is -2.35. The van der Waals surface area contributed by atoms with Gasteiger partial charge in [0.25, 0.3) is 0 Å². The number of hydrogen-bond acceptors (Lipinski definition) is 2. The Morgan fingerprint density at radius 3 is 2.18 bits per heavy atom. The second-order valence-electron chi connectivity index (χ2n) is 3.41. The topological polar surface area (TPSA) is 18.5 Å². The Balaban J connectivity index is 1.94. The SMILES string of the molecule is CP1CCC2(CC1)OCCO2. The van der Waals surface area contributed by atoms with Gasteiger partial charge >= 0.3 is 0 Å². The Bertz CT molecular complexity index is 133. The monoisotopic (exact) mass is 174 g/mol. The molecule has 11 heavy (non-hydrogen) atoms. The van der Waals surface area contributed by atoms with Crippen molar-refractivity contribution in [2.45, 2.75) is 18.6 Å². The van der Waals surface area contributed by atoms with Gasteiger partial charge in [-0.25, -0.2) is 0 Å². The first-order valence-corrected chi connectivity index (χ1v) is 6.43. The van der Waals surface area contributed by atoms with Gasteiger partial charge in [0.2, 0.25) is 0 Å². The lowest BCUT2D eigenvalue weighted by molar-refractivity contribution is -0.161. The van der Waals surface area contributed by atoms with Crippen LogP contribution in [0, 0.1) is 0 Å². The van der Waals surface area contributed by atoms with Crippen molar-refractivity contribution in [3.63, 3.8) is 0 Å². The maximum atomic E-state index is 5.62. The largest absolute Gasteiger partial charge is 0.348 e. The molecule has 0 aliphatic carbocycles. The second-order valence-corrected chi connectivity index (χ2v) is 6.02. The molecule has 2 aliphatic heterocycles. The fourth-order valence-electron chi connectivity index (χ4n) is 1.74. The van der Waals surface area contributed by atoms with Crippen LogP contribution in [0.1, 0.15) is 12.8 Å². The summed E-state index contributed by atoms with van der Waals surface area (Å²) in [5, 5.41) is 0. The summed E-state index contributed by atoms with van der Waals surface area (Å²) in [6.07, 6.45) is 4.93. The van der Waals surface area contributed by atoms with Crippen LogP contribution in [0.4, 0.5) is 0 Å². The van der Waals surface area contributed by atoms with E-state index in [-0.39, 0.29) is 5.79 Å². The number of rotatable bonds is 0. The zero-order valence-electron chi connectivity index (χ0n) is 7.01. The standard InChI is InChI=1S/C8H15O2P/c1-11-6-2-8(3-7-11)9-4-5-10-8/h2-7H2,1H3. The molecule has 2 rings (SSSR count). The van der Waals surface area contributed by atoms with Gasteiger partial charge in [0.1, 0.15) is 0 Å². The second kappa shape index (κ2) is 3.01. The Morgan fingerprint density at radius 2 is 1.64 bits per heavy atom. The van der Waals surface area contributed by atoms with Crippen LogP contribution in [0.3, 0.4) is 0 Å². The van der Waals surface area contributed by atoms with Gasteiger partial charge in [0.15, 0.2) is 5.79 Å². The minimum Gasteiger partial charge on any atom is -0.348 e. The smallest absolute Gasteiger partial charge is 0.169 e. The fourth-order valence-corrected chi connectivity index (χ4v) is 3.41. The Hall–Kier alpha value is 0.350. The highest BCUT2D eigenvalue weighted by Crippen LogP contribution is 2.44. The van der Waals surface area contributed by atoms with Gasteiger partial charge in [0.05, 0.1) is 13.2 Å². The van der Waals surface area contributed by atoms with Crippen LogP contribution < -0.4 is 0 Å². The Kier molecular flexibility index (Phi) is 2.18. The van der Waals surface area contributed by atoms with Gasteiger partial charge in [0, 0.05) is 12.8 Å². The summed E-state index contributed by atoms with van der Waals surface area (Å²) < 4.78 is 11.2. The molecule has 2 nitrogen and oxygen atoms in total. The first-order valence-electron chi connectivity index (χ1n) is 4.27. The average Bonchev–Trinajstić information content (AvgIpc) is 2.45. The molecule has 0 N–H and O–H groups in total. The van der Waals surface area contributed by atoms with E-state index in [0.717, 1.165) is 26.1 Å². The molecule has 2 heterocycles. The van der Waals surface area contributed by atoms with E-state index in [1.54, 1.807) is 0 Å². The van der Waals surface area contributed by atoms with Crippen LogP contribution in [-0.2, 0) is 9.47 Å². The van der Waals surface area contributed by atoms with Crippen LogP contribution >= 0.6 is 7.92 Å². The first kappa shape index (κ1) is 7.97. The lowest BCUT2D eigenvalue weighted by Gasteiger charge is -2.34. The van der Waals surface area contributed by atoms with E-state index < -0.39 is 0 Å². The molecule has 0 aromatic heterocycles. The summed E-state index contributed by atoms with van der Waals surface area (Å²) in [5.41, 5.74) is 0. The van der Waals surface area contributed by atoms with Crippen molar-refractivity contribution in [3.8, 4) is 0 Å². The summed E-state index contributed by atoms with van der Waals surface area (Å²) in [7, 11) is 0.306. The van der Waals surface area contributed by atoms with Gasteiger partial charge < -0.3 is 9.47 Å². The molecule has 0 aromatic rings. The third-order valence-corrected chi connectivity index (χ3v) is 4.54. The molecule has 0 atom stereocenters. The van der Waals surface area contributed by atoms with Crippen LogP contribution in [0.15, 0.2) is 0 Å². The van der Waals surface area contributed by atoms with Crippen molar-refractivity contribution in [2.75, 3.05) is 32.2 Å². The molecule has 2 saturated heterocycles. The van der Waals surface area contributed by atoms with E-state index in [1.165, 1.54) is 12.3 Å². The molecule has 0 radical (unpaired) electrons. The molecule has 0 amide bonds. The van der Waals surface area contributed by atoms with Gasteiger partial charge in [-0.3, -0.25) is 0 Å². The van der Waals surface area contributed by atoms with E-state index in [2.05, 4.69) is 6.66 Å². The summed E-state index contributed by atoms with van der Waals surface area (Å²) in [5.74, 6) is -0.130. The third-order valence-electron chi connectivity index (χ3n) is 2.56. The van der Waals surface area contributed by atoms with Crippen LogP contribution in [0.25, 0.3) is 0 Å². The summed E-state index contributed by atoms with van der Waals surface area (Å²) >= 11 is 0. The zero-order chi connectivity index (χ0) is 7.73. The molecule has 2 aliphatic rings. The Labute approximate surface area is 69.0 Å². The summed E-state index contributed by atoms with van der Waals surface area (Å²) in [6.45, 7) is 3.99. The molecule has 2 fully saturated rings. The highest BCUT2D eigenvalue weighted by Gasteiger charge is 2.39. The number of ether oxygens (including phenoxy) is 2. The Morgan fingerprint density at radius 1 is 1.09 bits per heavy atom. The van der Waals surface area contributed by atoms with Crippen molar-refractivity contribution in [2.24, 2.45) is 0 Å². The molecular formula is C8H15O2P. The van der Waals surface area contributed by atoms with Crippen LogP contribution in [0.5, 0.6) is 0 Å². The molecule has 0 bridgehead atoms. The molecule has 3 heteroatoms. The molecule has 0 saturated carbocycles. The van der Waals surface area contributed by atoms with Gasteiger partial charge in [-0.15, -0.1) is 7.92 Å². The normalized spacial score (nSPS) is 31.4. The summed E-state index contributed by atoms with van der Waals surface area (Å²) in [6, 6.07) is 0. The van der Waals surface area contributed by atoms with E-state index in [0.29, 0.717) is 7.92 Å². The fraction of sp³-hybridized carbons (Fsp3) is 1.00. The maximum absolute atomic E-state index is 5.62. The third kappa shape index (κ3) is 1.58. The average molecular weight is 174 g/mol. The van der Waals surface area contributed by atoms with E-state index >= 15 is 0 Å². The lowest BCUT2D eigenvalue weighted by atomic mass is 10.1. The van der Waals surface area contributed by atoms with E-state index in [1.807, 2.05) is 0 Å². The van der Waals surface area contributed by atoms with Crippen molar-refractivity contribution >= 4 is 7.92 Å².